The summed E-state index contributed by atoms with van der Waals surface area (Å²) < 4.78 is 6.75. The first-order chi connectivity index (χ1) is 13.0. The minimum atomic E-state index is -2.04. The Hall–Kier alpha value is -1.08. The van der Waals surface area contributed by atoms with Crippen LogP contribution in [-0.2, 0) is 11.0 Å². The van der Waals surface area contributed by atoms with Gasteiger partial charge in [0.1, 0.15) is 0 Å². The van der Waals surface area contributed by atoms with E-state index in [0.29, 0.717) is 12.4 Å². The van der Waals surface area contributed by atoms with Crippen molar-refractivity contribution in [3.63, 3.8) is 0 Å². The topological polar surface area (TPSA) is 53.0 Å². The molecule has 0 aromatic heterocycles. The zero-order chi connectivity index (χ0) is 20.9. The second-order valence-corrected chi connectivity index (χ2v) is 14.3. The monoisotopic (exact) mass is 426 g/mol. The molecule has 7 heteroatoms. The number of carboxylic acid groups (broad SMARTS) is 1. The average molecular weight is 427 g/mol. The zero-order valence-electron chi connectivity index (χ0n) is 17.8. The summed E-state index contributed by atoms with van der Waals surface area (Å²) in [7, 11) is -2.04. The van der Waals surface area contributed by atoms with Crippen molar-refractivity contribution in [2.75, 3.05) is 25.5 Å². The number of hydrogen-bond donors (Lipinski definition) is 1. The van der Waals surface area contributed by atoms with Gasteiger partial charge in [0, 0.05) is 32.1 Å². The molecule has 1 N–H and O–H groups in total. The van der Waals surface area contributed by atoms with Gasteiger partial charge in [-0.15, -0.1) is 11.6 Å². The van der Waals surface area contributed by atoms with Crippen molar-refractivity contribution in [1.29, 1.82) is 0 Å². The van der Waals surface area contributed by atoms with Gasteiger partial charge in [-0.25, -0.2) is 4.79 Å². The largest absolute Gasteiger partial charge is 0.465 e. The molecule has 1 heterocycles. The molecule has 0 bridgehead atoms. The first-order valence-electron chi connectivity index (χ1n) is 10.0. The van der Waals surface area contributed by atoms with Crippen molar-refractivity contribution in [3.8, 4) is 0 Å². The summed E-state index contributed by atoms with van der Waals surface area (Å²) in [6.45, 7) is 13.9. The van der Waals surface area contributed by atoms with Gasteiger partial charge in [-0.05, 0) is 30.1 Å². The fourth-order valence-electron chi connectivity index (χ4n) is 3.48. The third-order valence-corrected chi connectivity index (χ3v) is 10.8. The molecule has 158 valence electrons. The number of benzene rings is 1. The maximum Gasteiger partial charge on any atom is 0.407 e. The number of piperidine rings is 1. The normalized spacial score (nSPS) is 21.5. The third-order valence-electron chi connectivity index (χ3n) is 6.08. The summed E-state index contributed by atoms with van der Waals surface area (Å²) in [5.74, 6) is 0.295. The van der Waals surface area contributed by atoms with Crippen LogP contribution >= 0.6 is 11.6 Å². The number of amides is 1. The quantitative estimate of drug-likeness (QED) is 0.499. The first kappa shape index (κ1) is 23.2. The molecule has 1 saturated heterocycles. The predicted octanol–water partition coefficient (Wildman–Crippen LogP) is 4.87. The van der Waals surface area contributed by atoms with Gasteiger partial charge in [-0.3, -0.25) is 4.90 Å². The molecule has 0 aliphatic carbocycles. The Balaban J connectivity index is 2.21. The van der Waals surface area contributed by atoms with Gasteiger partial charge in [0.25, 0.3) is 0 Å². The van der Waals surface area contributed by atoms with Crippen LogP contribution in [-0.4, -0.2) is 67.0 Å². The lowest BCUT2D eigenvalue weighted by Gasteiger charge is -2.47. The van der Waals surface area contributed by atoms with Gasteiger partial charge in [-0.2, -0.15) is 0 Å². The smallest absolute Gasteiger partial charge is 0.407 e. The highest BCUT2D eigenvalue weighted by Crippen LogP contribution is 2.39. The van der Waals surface area contributed by atoms with Crippen LogP contribution in [0.4, 0.5) is 4.79 Å². The summed E-state index contributed by atoms with van der Waals surface area (Å²) in [6.07, 6.45) is -0.293. The molecule has 1 fully saturated rings. The van der Waals surface area contributed by atoms with Gasteiger partial charge < -0.3 is 14.4 Å². The Kier molecular flexibility index (Phi) is 7.96. The van der Waals surface area contributed by atoms with Gasteiger partial charge >= 0.3 is 6.09 Å². The van der Waals surface area contributed by atoms with E-state index in [1.165, 1.54) is 10.5 Å². The Morgan fingerprint density at radius 1 is 1.32 bits per heavy atom. The Morgan fingerprint density at radius 2 is 1.96 bits per heavy atom. The maximum absolute atomic E-state index is 11.9. The van der Waals surface area contributed by atoms with E-state index in [9.17, 15) is 9.90 Å². The number of hydrogen-bond acceptors (Lipinski definition) is 3. The molecule has 1 aliphatic rings. The molecule has 1 aromatic rings. The van der Waals surface area contributed by atoms with Crippen molar-refractivity contribution in [2.24, 2.45) is 0 Å². The average Bonchev–Trinajstić information content (AvgIpc) is 2.60. The molecule has 28 heavy (non-hydrogen) atoms. The Labute approximate surface area is 175 Å². The van der Waals surface area contributed by atoms with E-state index in [4.69, 9.17) is 16.0 Å². The SMILES string of the molecule is CC(C)(C)[Si](C)(C)O[C@H]1CN(Cc2ccccc2)CC[C@H]1N(CCCl)C(=O)O. The fraction of sp³-hybridized carbons (Fsp3) is 0.667. The third kappa shape index (κ3) is 5.96. The summed E-state index contributed by atoms with van der Waals surface area (Å²) in [6, 6.07) is 10.2. The fourth-order valence-corrected chi connectivity index (χ4v) is 5.00. The minimum Gasteiger partial charge on any atom is -0.465 e. The van der Waals surface area contributed by atoms with Gasteiger partial charge in [0.2, 0.25) is 0 Å². The second kappa shape index (κ2) is 9.61. The van der Waals surface area contributed by atoms with Crippen molar-refractivity contribution in [3.05, 3.63) is 35.9 Å². The molecule has 2 atom stereocenters. The van der Waals surface area contributed by atoms with Crippen molar-refractivity contribution in [1.82, 2.24) is 9.80 Å². The van der Waals surface area contributed by atoms with Crippen LogP contribution in [0, 0.1) is 0 Å². The standard InChI is InChI=1S/C21H35ClN2O3Si/c1-21(2,3)28(4,5)27-19-16-23(15-17-9-7-6-8-10-17)13-11-18(19)24(14-12-22)20(25)26/h6-10,18-19H,11-16H2,1-5H3,(H,25,26)/t18-,19+/m1/s1. The van der Waals surface area contributed by atoms with Crippen LogP contribution in [0.5, 0.6) is 0 Å². The highest BCUT2D eigenvalue weighted by Gasteiger charge is 2.44. The highest BCUT2D eigenvalue weighted by atomic mass is 35.5. The Bertz CT molecular complexity index is 636. The molecule has 0 unspecified atom stereocenters. The zero-order valence-corrected chi connectivity index (χ0v) is 19.6. The number of alkyl halides is 1. The lowest BCUT2D eigenvalue weighted by atomic mass is 9.99. The molecule has 1 aromatic carbocycles. The van der Waals surface area contributed by atoms with Crippen LogP contribution in [0.15, 0.2) is 30.3 Å². The molecule has 0 radical (unpaired) electrons. The highest BCUT2D eigenvalue weighted by molar-refractivity contribution is 6.74. The van der Waals surface area contributed by atoms with Gasteiger partial charge in [0.05, 0.1) is 12.1 Å². The van der Waals surface area contributed by atoms with Gasteiger partial charge in [0.15, 0.2) is 8.32 Å². The van der Waals surface area contributed by atoms with Crippen molar-refractivity contribution < 1.29 is 14.3 Å². The van der Waals surface area contributed by atoms with Crippen LogP contribution in [0.25, 0.3) is 0 Å². The Morgan fingerprint density at radius 3 is 2.50 bits per heavy atom. The summed E-state index contributed by atoms with van der Waals surface area (Å²) in [4.78, 5) is 15.7. The van der Waals surface area contributed by atoms with E-state index in [2.05, 4.69) is 63.0 Å². The van der Waals surface area contributed by atoms with E-state index in [0.717, 1.165) is 26.1 Å². The molecular weight excluding hydrogens is 392 g/mol. The minimum absolute atomic E-state index is 0.0692. The number of carbonyl (C=O) groups is 1. The molecule has 0 saturated carbocycles. The number of nitrogens with zero attached hydrogens (tertiary/aromatic N) is 2. The van der Waals surface area contributed by atoms with E-state index in [-0.39, 0.29) is 17.2 Å². The second-order valence-electron chi connectivity index (χ2n) is 9.16. The van der Waals surface area contributed by atoms with E-state index in [1.54, 1.807) is 0 Å². The van der Waals surface area contributed by atoms with Crippen LogP contribution in [0.3, 0.4) is 0 Å². The lowest BCUT2D eigenvalue weighted by Crippen LogP contribution is -2.60. The molecule has 1 amide bonds. The molecule has 5 nitrogen and oxygen atoms in total. The number of halogens is 1. The summed E-state index contributed by atoms with van der Waals surface area (Å²) >= 11 is 5.90. The van der Waals surface area contributed by atoms with Gasteiger partial charge in [-0.1, -0.05) is 51.1 Å². The maximum atomic E-state index is 11.9. The van der Waals surface area contributed by atoms with E-state index < -0.39 is 14.4 Å². The van der Waals surface area contributed by atoms with Crippen molar-refractivity contribution >= 4 is 26.0 Å². The first-order valence-corrected chi connectivity index (χ1v) is 13.5. The molecule has 2 rings (SSSR count). The molecule has 1 aliphatic heterocycles. The van der Waals surface area contributed by atoms with Crippen LogP contribution < -0.4 is 0 Å². The summed E-state index contributed by atoms with van der Waals surface area (Å²) in [5, 5.41) is 9.81. The summed E-state index contributed by atoms with van der Waals surface area (Å²) in [5.41, 5.74) is 1.27. The van der Waals surface area contributed by atoms with Crippen LogP contribution in [0.1, 0.15) is 32.8 Å². The number of likely N-dealkylation sites (tertiary alicyclic amines) is 1. The van der Waals surface area contributed by atoms with E-state index >= 15 is 0 Å². The number of rotatable bonds is 7. The lowest BCUT2D eigenvalue weighted by molar-refractivity contribution is -0.00135. The molecular formula is C21H35ClN2O3Si. The van der Waals surface area contributed by atoms with Crippen LogP contribution in [0.2, 0.25) is 18.1 Å². The van der Waals surface area contributed by atoms with Crippen molar-refractivity contribution in [2.45, 2.75) is 64.0 Å². The predicted molar refractivity (Wildman–Crippen MR) is 118 cm³/mol. The molecule has 0 spiro atoms. The van der Waals surface area contributed by atoms with E-state index in [1.807, 2.05) is 6.07 Å².